The first kappa shape index (κ1) is 18.5. The van der Waals surface area contributed by atoms with Crippen LogP contribution in [0, 0.1) is 11.3 Å². The summed E-state index contributed by atoms with van der Waals surface area (Å²) in [6, 6.07) is 19.5. The number of hydrogen-bond donors (Lipinski definition) is 1. The third-order valence-corrected chi connectivity index (χ3v) is 4.10. The highest BCUT2D eigenvalue weighted by Crippen LogP contribution is 2.23. The smallest absolute Gasteiger partial charge is 0.262 e. The average Bonchev–Trinajstić information content (AvgIpc) is 2.60. The summed E-state index contributed by atoms with van der Waals surface area (Å²) in [4.78, 5) is 12.4. The van der Waals surface area contributed by atoms with Crippen molar-refractivity contribution in [3.8, 4) is 6.07 Å². The van der Waals surface area contributed by atoms with E-state index in [1.54, 1.807) is 6.08 Å². The van der Waals surface area contributed by atoms with Crippen molar-refractivity contribution in [3.63, 3.8) is 0 Å². The Labute approximate surface area is 150 Å². The molecule has 0 saturated heterocycles. The van der Waals surface area contributed by atoms with Gasteiger partial charge < -0.3 is 5.32 Å². The van der Waals surface area contributed by atoms with E-state index >= 15 is 0 Å². The van der Waals surface area contributed by atoms with Gasteiger partial charge in [-0.15, -0.1) is 0 Å². The Morgan fingerprint density at radius 3 is 2.20 bits per heavy atom. The van der Waals surface area contributed by atoms with Crippen LogP contribution in [0.1, 0.15) is 50.4 Å². The van der Waals surface area contributed by atoms with Crippen LogP contribution < -0.4 is 5.32 Å². The Morgan fingerprint density at radius 2 is 1.68 bits per heavy atom. The zero-order valence-corrected chi connectivity index (χ0v) is 15.2. The molecule has 1 atom stereocenters. The van der Waals surface area contributed by atoms with Crippen molar-refractivity contribution in [1.82, 2.24) is 5.32 Å². The predicted octanol–water partition coefficient (Wildman–Crippen LogP) is 4.77. The van der Waals surface area contributed by atoms with Gasteiger partial charge in [0.1, 0.15) is 11.6 Å². The number of hydrogen-bond acceptors (Lipinski definition) is 2. The Kier molecular flexibility index (Phi) is 5.77. The van der Waals surface area contributed by atoms with Gasteiger partial charge in [-0.05, 0) is 35.1 Å². The van der Waals surface area contributed by atoms with Crippen LogP contribution in [-0.2, 0) is 10.2 Å². The largest absolute Gasteiger partial charge is 0.345 e. The number of rotatable bonds is 4. The lowest BCUT2D eigenvalue weighted by molar-refractivity contribution is -0.117. The lowest BCUT2D eigenvalue weighted by atomic mass is 9.86. The highest BCUT2D eigenvalue weighted by atomic mass is 16.1. The van der Waals surface area contributed by atoms with Crippen LogP contribution in [0.2, 0.25) is 0 Å². The van der Waals surface area contributed by atoms with Crippen LogP contribution in [0.5, 0.6) is 0 Å². The molecule has 0 saturated carbocycles. The van der Waals surface area contributed by atoms with Gasteiger partial charge in [-0.25, -0.2) is 0 Å². The molecule has 0 radical (unpaired) electrons. The van der Waals surface area contributed by atoms with E-state index in [1.165, 1.54) is 5.56 Å². The molecule has 25 heavy (non-hydrogen) atoms. The average molecular weight is 332 g/mol. The van der Waals surface area contributed by atoms with Crippen LogP contribution in [-0.4, -0.2) is 5.91 Å². The summed E-state index contributed by atoms with van der Waals surface area (Å²) >= 11 is 0. The van der Waals surface area contributed by atoms with Gasteiger partial charge in [-0.1, -0.05) is 75.4 Å². The molecular formula is C22H24N2O. The standard InChI is InChI=1S/C22H24N2O/c1-16(18-8-6-5-7-9-18)24-21(25)19(15-23)14-17-10-12-20(13-11-17)22(2,3)4/h5-14,16H,1-4H3,(H,24,25). The van der Waals surface area contributed by atoms with Crippen molar-refractivity contribution in [2.45, 2.75) is 39.2 Å². The summed E-state index contributed by atoms with van der Waals surface area (Å²) in [5.41, 5.74) is 3.23. The van der Waals surface area contributed by atoms with E-state index in [-0.39, 0.29) is 22.9 Å². The molecule has 3 nitrogen and oxygen atoms in total. The van der Waals surface area contributed by atoms with Crippen molar-refractivity contribution in [3.05, 3.63) is 76.9 Å². The fourth-order valence-electron chi connectivity index (χ4n) is 2.49. The number of nitrogens with one attached hydrogen (secondary N) is 1. The highest BCUT2D eigenvalue weighted by molar-refractivity contribution is 6.01. The maximum atomic E-state index is 12.4. The number of carbonyl (C=O) groups is 1. The fraction of sp³-hybridized carbons (Fsp3) is 0.273. The predicted molar refractivity (Wildman–Crippen MR) is 102 cm³/mol. The molecule has 2 aromatic carbocycles. The summed E-state index contributed by atoms with van der Waals surface area (Å²) in [5.74, 6) is -0.362. The second kappa shape index (κ2) is 7.81. The normalized spacial score (nSPS) is 13.0. The van der Waals surface area contributed by atoms with Gasteiger partial charge in [0, 0.05) is 0 Å². The van der Waals surface area contributed by atoms with Crippen molar-refractivity contribution >= 4 is 12.0 Å². The number of benzene rings is 2. The Balaban J connectivity index is 2.14. The molecular weight excluding hydrogens is 308 g/mol. The molecule has 2 aromatic rings. The molecule has 0 heterocycles. The maximum absolute atomic E-state index is 12.4. The fourth-order valence-corrected chi connectivity index (χ4v) is 2.49. The molecule has 128 valence electrons. The Morgan fingerprint density at radius 1 is 1.08 bits per heavy atom. The molecule has 0 aromatic heterocycles. The van der Waals surface area contributed by atoms with Crippen LogP contribution in [0.25, 0.3) is 6.08 Å². The maximum Gasteiger partial charge on any atom is 0.262 e. The minimum Gasteiger partial charge on any atom is -0.345 e. The number of carbonyl (C=O) groups excluding carboxylic acids is 1. The first-order valence-corrected chi connectivity index (χ1v) is 8.39. The first-order valence-electron chi connectivity index (χ1n) is 8.39. The molecule has 3 heteroatoms. The molecule has 0 aliphatic rings. The highest BCUT2D eigenvalue weighted by Gasteiger charge is 2.15. The summed E-state index contributed by atoms with van der Waals surface area (Å²) in [7, 11) is 0. The third-order valence-electron chi connectivity index (χ3n) is 4.10. The second-order valence-electron chi connectivity index (χ2n) is 7.15. The molecule has 0 fully saturated rings. The Bertz CT molecular complexity index is 791. The van der Waals surface area contributed by atoms with Gasteiger partial charge in [0.05, 0.1) is 6.04 Å². The molecule has 1 unspecified atom stereocenters. The SMILES string of the molecule is CC(NC(=O)C(C#N)=Cc1ccc(C(C)(C)C)cc1)c1ccccc1. The van der Waals surface area contributed by atoms with Crippen LogP contribution >= 0.6 is 0 Å². The zero-order chi connectivity index (χ0) is 18.4. The van der Waals surface area contributed by atoms with Gasteiger partial charge >= 0.3 is 0 Å². The molecule has 1 N–H and O–H groups in total. The zero-order valence-electron chi connectivity index (χ0n) is 15.2. The van der Waals surface area contributed by atoms with Gasteiger partial charge in [-0.3, -0.25) is 4.79 Å². The number of nitrogens with zero attached hydrogens (tertiary/aromatic N) is 1. The van der Waals surface area contributed by atoms with Gasteiger partial charge in [0.15, 0.2) is 0 Å². The topological polar surface area (TPSA) is 52.9 Å². The minimum atomic E-state index is -0.362. The molecule has 0 spiro atoms. The summed E-state index contributed by atoms with van der Waals surface area (Å²) < 4.78 is 0. The van der Waals surface area contributed by atoms with Crippen LogP contribution in [0.3, 0.4) is 0 Å². The number of amides is 1. The van der Waals surface area contributed by atoms with Crippen molar-refractivity contribution in [1.29, 1.82) is 5.26 Å². The minimum absolute atomic E-state index is 0.0722. The molecule has 0 aliphatic heterocycles. The van der Waals surface area contributed by atoms with Gasteiger partial charge in [-0.2, -0.15) is 5.26 Å². The van der Waals surface area contributed by atoms with E-state index in [0.717, 1.165) is 11.1 Å². The van der Waals surface area contributed by atoms with Gasteiger partial charge in [0.2, 0.25) is 0 Å². The van der Waals surface area contributed by atoms with E-state index in [4.69, 9.17) is 0 Å². The lowest BCUT2D eigenvalue weighted by Crippen LogP contribution is -2.27. The van der Waals surface area contributed by atoms with E-state index in [1.807, 2.05) is 67.6 Å². The molecule has 0 aliphatic carbocycles. The van der Waals surface area contributed by atoms with Crippen LogP contribution in [0.15, 0.2) is 60.2 Å². The van der Waals surface area contributed by atoms with Gasteiger partial charge in [0.25, 0.3) is 5.91 Å². The Hall–Kier alpha value is -2.86. The van der Waals surface area contributed by atoms with Crippen molar-refractivity contribution < 1.29 is 4.79 Å². The van der Waals surface area contributed by atoms with E-state index < -0.39 is 0 Å². The third kappa shape index (κ3) is 5.06. The lowest BCUT2D eigenvalue weighted by Gasteiger charge is -2.18. The van der Waals surface area contributed by atoms with E-state index in [9.17, 15) is 10.1 Å². The van der Waals surface area contributed by atoms with Crippen LogP contribution in [0.4, 0.5) is 0 Å². The summed E-state index contributed by atoms with van der Waals surface area (Å²) in [6.07, 6.45) is 1.62. The molecule has 0 bridgehead atoms. The molecule has 2 rings (SSSR count). The quantitative estimate of drug-likeness (QED) is 0.648. The first-order chi connectivity index (χ1) is 11.8. The van der Waals surface area contributed by atoms with Crippen molar-refractivity contribution in [2.75, 3.05) is 0 Å². The second-order valence-corrected chi connectivity index (χ2v) is 7.15. The monoisotopic (exact) mass is 332 g/mol. The van der Waals surface area contributed by atoms with E-state index in [0.29, 0.717) is 0 Å². The van der Waals surface area contributed by atoms with E-state index in [2.05, 4.69) is 26.1 Å². The summed E-state index contributed by atoms with van der Waals surface area (Å²) in [6.45, 7) is 8.35. The molecule has 1 amide bonds. The summed E-state index contributed by atoms with van der Waals surface area (Å²) in [5, 5.41) is 12.2. The van der Waals surface area contributed by atoms with Crippen molar-refractivity contribution in [2.24, 2.45) is 0 Å². The number of nitriles is 1.